The van der Waals surface area contributed by atoms with Crippen molar-refractivity contribution in [3.8, 4) is 0 Å². The van der Waals surface area contributed by atoms with E-state index in [1.165, 1.54) is 6.07 Å². The van der Waals surface area contributed by atoms with E-state index in [0.717, 1.165) is 11.6 Å². The molecule has 0 fully saturated rings. The maximum Gasteiger partial charge on any atom is 0.416 e. The molecule has 0 unspecified atom stereocenters. The highest BCUT2D eigenvalue weighted by Gasteiger charge is 2.43. The zero-order valence-corrected chi connectivity index (χ0v) is 14.5. The lowest BCUT2D eigenvalue weighted by atomic mass is 9.76. The number of hydrogen-bond acceptors (Lipinski definition) is 1. The minimum absolute atomic E-state index is 0.0352. The van der Waals surface area contributed by atoms with Crippen LogP contribution in [0.15, 0.2) is 48.6 Å². The lowest BCUT2D eigenvalue weighted by Crippen LogP contribution is -2.31. The second-order valence-electron chi connectivity index (χ2n) is 6.38. The highest BCUT2D eigenvalue weighted by atomic mass is 35.5. The summed E-state index contributed by atoms with van der Waals surface area (Å²) in [5.74, 6) is -0.0827. The van der Waals surface area contributed by atoms with Gasteiger partial charge < -0.3 is 5.32 Å². The molecule has 0 saturated carbocycles. The zero-order chi connectivity index (χ0) is 17.8. The zero-order valence-electron chi connectivity index (χ0n) is 12.9. The second kappa shape index (κ2) is 5.96. The molecule has 2 aromatic rings. The maximum absolute atomic E-state index is 13.5. The molecule has 2 aromatic carbocycles. The molecule has 1 aliphatic carbocycles. The van der Waals surface area contributed by atoms with E-state index in [-0.39, 0.29) is 17.4 Å². The monoisotopic (exact) mass is 383 g/mol. The minimum atomic E-state index is -4.40. The van der Waals surface area contributed by atoms with Gasteiger partial charge in [0, 0.05) is 16.5 Å². The molecule has 0 amide bonds. The largest absolute Gasteiger partial charge is 0.416 e. The summed E-state index contributed by atoms with van der Waals surface area (Å²) in [4.78, 5) is 0. The first kappa shape index (κ1) is 16.8. The predicted octanol–water partition coefficient (Wildman–Crippen LogP) is 6.84. The molecule has 1 nitrogen and oxygen atoms in total. The third-order valence-corrected chi connectivity index (χ3v) is 5.66. The molecule has 0 aromatic heterocycles. The summed E-state index contributed by atoms with van der Waals surface area (Å²) in [5.41, 5.74) is 1.13. The van der Waals surface area contributed by atoms with Crippen LogP contribution in [0.1, 0.15) is 35.1 Å². The highest BCUT2D eigenvalue weighted by molar-refractivity contribution is 6.36. The van der Waals surface area contributed by atoms with Crippen molar-refractivity contribution in [1.29, 1.82) is 0 Å². The summed E-state index contributed by atoms with van der Waals surface area (Å²) in [7, 11) is 0. The number of rotatable bonds is 1. The molecule has 25 heavy (non-hydrogen) atoms. The van der Waals surface area contributed by atoms with Crippen molar-refractivity contribution in [3.63, 3.8) is 0 Å². The fourth-order valence-electron chi connectivity index (χ4n) is 3.96. The summed E-state index contributed by atoms with van der Waals surface area (Å²) >= 11 is 12.7. The number of hydrogen-bond donors (Lipinski definition) is 1. The molecule has 1 aliphatic heterocycles. The van der Waals surface area contributed by atoms with Gasteiger partial charge in [-0.05, 0) is 36.1 Å². The first-order valence-corrected chi connectivity index (χ1v) is 8.70. The van der Waals surface area contributed by atoms with Crippen molar-refractivity contribution >= 4 is 28.9 Å². The van der Waals surface area contributed by atoms with Gasteiger partial charge in [0.1, 0.15) is 0 Å². The van der Waals surface area contributed by atoms with Gasteiger partial charge in [-0.3, -0.25) is 0 Å². The van der Waals surface area contributed by atoms with E-state index in [1.54, 1.807) is 24.3 Å². The number of alkyl halides is 3. The van der Waals surface area contributed by atoms with E-state index in [1.807, 2.05) is 12.2 Å². The molecule has 4 rings (SSSR count). The topological polar surface area (TPSA) is 12.0 Å². The Kier molecular flexibility index (Phi) is 4.00. The normalized spacial score (nSPS) is 24.6. The Balaban J connectivity index is 1.88. The lowest BCUT2D eigenvalue weighted by molar-refractivity contribution is -0.138. The van der Waals surface area contributed by atoms with Crippen molar-refractivity contribution in [2.24, 2.45) is 5.92 Å². The second-order valence-corrected chi connectivity index (χ2v) is 7.19. The lowest BCUT2D eigenvalue weighted by Gasteiger charge is -2.39. The van der Waals surface area contributed by atoms with Crippen LogP contribution in [0.3, 0.4) is 0 Å². The van der Waals surface area contributed by atoms with Crippen LogP contribution < -0.4 is 5.32 Å². The molecule has 3 atom stereocenters. The molecule has 1 heterocycles. The Bertz CT molecular complexity index is 860. The Labute approximate surface area is 153 Å². The van der Waals surface area contributed by atoms with Gasteiger partial charge in [0.15, 0.2) is 0 Å². The average molecular weight is 384 g/mol. The molecule has 2 aliphatic rings. The van der Waals surface area contributed by atoms with Gasteiger partial charge in [-0.2, -0.15) is 13.2 Å². The predicted molar refractivity (Wildman–Crippen MR) is 94.3 cm³/mol. The molecule has 1 N–H and O–H groups in total. The van der Waals surface area contributed by atoms with Gasteiger partial charge in [0.05, 0.1) is 22.3 Å². The van der Waals surface area contributed by atoms with E-state index >= 15 is 0 Å². The van der Waals surface area contributed by atoms with Crippen molar-refractivity contribution in [2.45, 2.75) is 24.6 Å². The summed E-state index contributed by atoms with van der Waals surface area (Å²) in [6.07, 6.45) is 0.317. The van der Waals surface area contributed by atoms with E-state index < -0.39 is 17.8 Å². The summed E-state index contributed by atoms with van der Waals surface area (Å²) < 4.78 is 40.5. The van der Waals surface area contributed by atoms with Crippen LogP contribution >= 0.6 is 23.2 Å². The number of anilines is 1. The smallest absolute Gasteiger partial charge is 0.376 e. The summed E-state index contributed by atoms with van der Waals surface area (Å²) in [5, 5.41) is 4.29. The third-order valence-electron chi connectivity index (χ3n) is 5.02. The van der Waals surface area contributed by atoms with Crippen molar-refractivity contribution in [1.82, 2.24) is 0 Å². The van der Waals surface area contributed by atoms with E-state index in [4.69, 9.17) is 23.2 Å². The third kappa shape index (κ3) is 2.72. The standard InChI is InChI=1S/C19H14Cl2F3N/c20-14-8-9-15(21)18-16(14)10-5-3-6-11(10)17(25-18)12-4-1-2-7-13(12)19(22,23)24/h1-5,7-11,17,25H,6H2/t10-,11-,17+/m0/s1. The van der Waals surface area contributed by atoms with Crippen LogP contribution in [0.2, 0.25) is 10.0 Å². The van der Waals surface area contributed by atoms with E-state index in [0.29, 0.717) is 22.2 Å². The number of nitrogens with one attached hydrogen (secondary N) is 1. The quantitative estimate of drug-likeness (QED) is 0.531. The molecule has 0 radical (unpaired) electrons. The van der Waals surface area contributed by atoms with Crippen LogP contribution in [0.5, 0.6) is 0 Å². The molecular weight excluding hydrogens is 370 g/mol. The Hall–Kier alpha value is -1.65. The van der Waals surface area contributed by atoms with Crippen molar-refractivity contribution in [3.05, 3.63) is 75.3 Å². The Morgan fingerprint density at radius 1 is 1.00 bits per heavy atom. The highest BCUT2D eigenvalue weighted by Crippen LogP contribution is 2.54. The first-order valence-electron chi connectivity index (χ1n) is 7.95. The van der Waals surface area contributed by atoms with Crippen LogP contribution in [0, 0.1) is 5.92 Å². The van der Waals surface area contributed by atoms with Gasteiger partial charge >= 0.3 is 6.18 Å². The molecular formula is C19H14Cl2F3N. The van der Waals surface area contributed by atoms with Crippen LogP contribution in [0.4, 0.5) is 18.9 Å². The van der Waals surface area contributed by atoms with Crippen molar-refractivity contribution < 1.29 is 13.2 Å². The minimum Gasteiger partial charge on any atom is -0.376 e. The molecule has 6 heteroatoms. The maximum atomic E-state index is 13.5. The van der Waals surface area contributed by atoms with Crippen LogP contribution in [-0.2, 0) is 6.18 Å². The summed E-state index contributed by atoms with van der Waals surface area (Å²) in [6.45, 7) is 0. The first-order chi connectivity index (χ1) is 11.9. The number of halogens is 5. The van der Waals surface area contributed by atoms with E-state index in [9.17, 15) is 13.2 Å². The van der Waals surface area contributed by atoms with Crippen molar-refractivity contribution in [2.75, 3.05) is 5.32 Å². The number of allylic oxidation sites excluding steroid dienone is 2. The number of fused-ring (bicyclic) bond motifs is 3. The van der Waals surface area contributed by atoms with Gasteiger partial charge in [-0.15, -0.1) is 0 Å². The summed E-state index contributed by atoms with van der Waals surface area (Å²) in [6, 6.07) is 8.64. The van der Waals surface area contributed by atoms with Gasteiger partial charge in [0.2, 0.25) is 0 Å². The fourth-order valence-corrected chi connectivity index (χ4v) is 4.47. The molecule has 0 spiro atoms. The Morgan fingerprint density at radius 2 is 1.72 bits per heavy atom. The van der Waals surface area contributed by atoms with Crippen LogP contribution in [0.25, 0.3) is 0 Å². The van der Waals surface area contributed by atoms with E-state index in [2.05, 4.69) is 5.32 Å². The molecule has 0 saturated heterocycles. The number of benzene rings is 2. The van der Waals surface area contributed by atoms with Gasteiger partial charge in [-0.25, -0.2) is 0 Å². The fraction of sp³-hybridized carbons (Fsp3) is 0.263. The van der Waals surface area contributed by atoms with Gasteiger partial charge in [-0.1, -0.05) is 53.6 Å². The Morgan fingerprint density at radius 3 is 2.48 bits per heavy atom. The SMILES string of the molecule is FC(F)(F)c1ccccc1[C@@H]1Nc2c(Cl)ccc(Cl)c2[C@H]2C=CC[C@@H]21. The molecule has 0 bridgehead atoms. The molecule has 130 valence electrons. The van der Waals surface area contributed by atoms with Gasteiger partial charge in [0.25, 0.3) is 0 Å². The average Bonchev–Trinajstić information content (AvgIpc) is 3.06. The van der Waals surface area contributed by atoms with Crippen LogP contribution in [-0.4, -0.2) is 0 Å².